The first-order valence-electron chi connectivity index (χ1n) is 6.77. The van der Waals surface area contributed by atoms with Gasteiger partial charge in [0.05, 0.1) is 28.2 Å². The van der Waals surface area contributed by atoms with Crippen molar-refractivity contribution in [2.24, 2.45) is 0 Å². The number of hydrogen-bond donors (Lipinski definition) is 0. The Bertz CT molecular complexity index is 754. The zero-order valence-electron chi connectivity index (χ0n) is 12.3. The van der Waals surface area contributed by atoms with E-state index in [4.69, 9.17) is 26.3 Å². The van der Waals surface area contributed by atoms with Crippen LogP contribution >= 0.6 is 11.6 Å². The van der Waals surface area contributed by atoms with Crippen LogP contribution in [0.3, 0.4) is 0 Å². The largest absolute Gasteiger partial charge is 0.490 e. The molecule has 0 fully saturated rings. The van der Waals surface area contributed by atoms with Crippen molar-refractivity contribution in [3.63, 3.8) is 0 Å². The molecule has 0 atom stereocenters. The lowest BCUT2D eigenvalue weighted by Crippen LogP contribution is -2.01. The number of benzene rings is 2. The van der Waals surface area contributed by atoms with E-state index in [9.17, 15) is 10.1 Å². The van der Waals surface area contributed by atoms with E-state index in [-0.39, 0.29) is 17.3 Å². The highest BCUT2D eigenvalue weighted by Crippen LogP contribution is 2.37. The van der Waals surface area contributed by atoms with E-state index in [2.05, 4.69) is 0 Å². The number of nitro groups is 1. The Morgan fingerprint density at radius 3 is 2.52 bits per heavy atom. The molecule has 0 bridgehead atoms. The molecule has 2 aromatic rings. The first kappa shape index (κ1) is 16.6. The first-order chi connectivity index (χ1) is 11.0. The Morgan fingerprint density at radius 2 is 1.96 bits per heavy atom. The van der Waals surface area contributed by atoms with Crippen LogP contribution in [0.15, 0.2) is 36.4 Å². The molecule has 0 aliphatic rings. The SMILES string of the molecule is CCOc1cc(C#N)cc(Cl)c1OCc1ccc([N+](=O)[O-])cc1. The maximum Gasteiger partial charge on any atom is 0.269 e. The molecule has 0 unspecified atom stereocenters. The lowest BCUT2D eigenvalue weighted by Gasteiger charge is -2.14. The quantitative estimate of drug-likeness (QED) is 0.587. The van der Waals surface area contributed by atoms with Crippen LogP contribution in [0, 0.1) is 21.4 Å². The van der Waals surface area contributed by atoms with Gasteiger partial charge >= 0.3 is 0 Å². The highest BCUT2D eigenvalue weighted by atomic mass is 35.5. The van der Waals surface area contributed by atoms with Crippen LogP contribution in [-0.2, 0) is 6.61 Å². The van der Waals surface area contributed by atoms with E-state index in [1.54, 1.807) is 18.2 Å². The second-order valence-electron chi connectivity index (χ2n) is 4.54. The third-order valence-electron chi connectivity index (χ3n) is 2.97. The fraction of sp³-hybridized carbons (Fsp3) is 0.188. The van der Waals surface area contributed by atoms with E-state index in [1.165, 1.54) is 18.2 Å². The van der Waals surface area contributed by atoms with Crippen molar-refractivity contribution < 1.29 is 14.4 Å². The third kappa shape index (κ3) is 4.11. The molecule has 2 rings (SSSR count). The number of non-ortho nitro benzene ring substituents is 1. The molecule has 0 saturated carbocycles. The molecule has 7 heteroatoms. The van der Waals surface area contributed by atoms with Gasteiger partial charge in [-0.3, -0.25) is 10.1 Å². The molecule has 118 valence electrons. The van der Waals surface area contributed by atoms with Gasteiger partial charge in [-0.25, -0.2) is 0 Å². The van der Waals surface area contributed by atoms with Gasteiger partial charge in [-0.2, -0.15) is 5.26 Å². The third-order valence-corrected chi connectivity index (χ3v) is 3.25. The molecule has 0 aliphatic heterocycles. The van der Waals surface area contributed by atoms with Crippen LogP contribution < -0.4 is 9.47 Å². The number of hydrogen-bond acceptors (Lipinski definition) is 5. The fourth-order valence-electron chi connectivity index (χ4n) is 1.90. The Hall–Kier alpha value is -2.78. The summed E-state index contributed by atoms with van der Waals surface area (Å²) < 4.78 is 11.1. The van der Waals surface area contributed by atoms with Gasteiger partial charge in [0.1, 0.15) is 6.61 Å². The molecule has 0 radical (unpaired) electrons. The van der Waals surface area contributed by atoms with Gasteiger partial charge in [0, 0.05) is 18.2 Å². The van der Waals surface area contributed by atoms with Crippen molar-refractivity contribution in [3.05, 3.63) is 62.7 Å². The van der Waals surface area contributed by atoms with Gasteiger partial charge < -0.3 is 9.47 Å². The van der Waals surface area contributed by atoms with E-state index < -0.39 is 4.92 Å². The van der Waals surface area contributed by atoms with Crippen LogP contribution in [0.5, 0.6) is 11.5 Å². The summed E-state index contributed by atoms with van der Waals surface area (Å²) in [6.45, 7) is 2.38. The summed E-state index contributed by atoms with van der Waals surface area (Å²) >= 11 is 6.14. The summed E-state index contributed by atoms with van der Waals surface area (Å²) in [7, 11) is 0. The van der Waals surface area contributed by atoms with Gasteiger partial charge in [-0.15, -0.1) is 0 Å². The number of nitrogens with zero attached hydrogens (tertiary/aromatic N) is 2. The summed E-state index contributed by atoms with van der Waals surface area (Å²) in [4.78, 5) is 10.2. The molecule has 0 aliphatic carbocycles. The number of nitriles is 1. The summed E-state index contributed by atoms with van der Waals surface area (Å²) in [5.74, 6) is 0.726. The molecule has 0 saturated heterocycles. The maximum atomic E-state index is 10.6. The molecule has 0 amide bonds. The van der Waals surface area contributed by atoms with Crippen molar-refractivity contribution in [2.75, 3.05) is 6.61 Å². The number of ether oxygens (including phenoxy) is 2. The van der Waals surface area contributed by atoms with Crippen molar-refractivity contribution >= 4 is 17.3 Å². The number of nitro benzene ring substituents is 1. The number of halogens is 1. The zero-order chi connectivity index (χ0) is 16.8. The van der Waals surface area contributed by atoms with Crippen LogP contribution in [0.25, 0.3) is 0 Å². The second kappa shape index (κ2) is 7.47. The van der Waals surface area contributed by atoms with E-state index in [0.29, 0.717) is 23.7 Å². The highest BCUT2D eigenvalue weighted by Gasteiger charge is 2.13. The van der Waals surface area contributed by atoms with Crippen LogP contribution in [0.4, 0.5) is 5.69 Å². The average molecular weight is 333 g/mol. The lowest BCUT2D eigenvalue weighted by molar-refractivity contribution is -0.384. The highest BCUT2D eigenvalue weighted by molar-refractivity contribution is 6.32. The minimum atomic E-state index is -0.463. The van der Waals surface area contributed by atoms with Gasteiger partial charge in [-0.1, -0.05) is 11.6 Å². The summed E-state index contributed by atoms with van der Waals surface area (Å²) in [5.41, 5.74) is 1.14. The van der Waals surface area contributed by atoms with E-state index >= 15 is 0 Å². The lowest BCUT2D eigenvalue weighted by atomic mass is 10.2. The Kier molecular flexibility index (Phi) is 5.39. The molecule has 0 N–H and O–H groups in total. The fourth-order valence-corrected chi connectivity index (χ4v) is 2.17. The summed E-state index contributed by atoms with van der Waals surface area (Å²) in [6, 6.07) is 11.1. The Morgan fingerprint density at radius 1 is 1.26 bits per heavy atom. The zero-order valence-corrected chi connectivity index (χ0v) is 13.0. The predicted octanol–water partition coefficient (Wildman–Crippen LogP) is 4.10. The second-order valence-corrected chi connectivity index (χ2v) is 4.95. The van der Waals surface area contributed by atoms with Gasteiger partial charge in [0.2, 0.25) is 0 Å². The van der Waals surface area contributed by atoms with Crippen molar-refractivity contribution in [2.45, 2.75) is 13.5 Å². The number of rotatable bonds is 6. The molecule has 0 spiro atoms. The Labute approximate surface area is 138 Å². The van der Waals surface area contributed by atoms with E-state index in [1.807, 2.05) is 13.0 Å². The van der Waals surface area contributed by atoms with Gasteiger partial charge in [0.25, 0.3) is 5.69 Å². The molecule has 6 nitrogen and oxygen atoms in total. The van der Waals surface area contributed by atoms with Crippen LogP contribution in [0.1, 0.15) is 18.1 Å². The standard InChI is InChI=1S/C16H13ClN2O4/c1-2-22-15-8-12(9-18)7-14(17)16(15)23-10-11-3-5-13(6-4-11)19(20)21/h3-8H,2,10H2,1H3. The molecular formula is C16H13ClN2O4. The normalized spacial score (nSPS) is 9.96. The van der Waals surface area contributed by atoms with Crippen molar-refractivity contribution in [3.8, 4) is 17.6 Å². The topological polar surface area (TPSA) is 85.4 Å². The van der Waals surface area contributed by atoms with Gasteiger partial charge in [0.15, 0.2) is 11.5 Å². The smallest absolute Gasteiger partial charge is 0.269 e. The Balaban J connectivity index is 2.19. The maximum absolute atomic E-state index is 10.6. The van der Waals surface area contributed by atoms with Crippen LogP contribution in [0.2, 0.25) is 5.02 Å². The first-order valence-corrected chi connectivity index (χ1v) is 7.15. The summed E-state index contributed by atoms with van der Waals surface area (Å²) in [6.07, 6.45) is 0. The van der Waals surface area contributed by atoms with Crippen molar-refractivity contribution in [1.82, 2.24) is 0 Å². The minimum Gasteiger partial charge on any atom is -0.490 e. The minimum absolute atomic E-state index is 0.0140. The monoisotopic (exact) mass is 332 g/mol. The van der Waals surface area contributed by atoms with Gasteiger partial charge in [-0.05, 0) is 30.7 Å². The molecule has 2 aromatic carbocycles. The van der Waals surface area contributed by atoms with Crippen molar-refractivity contribution in [1.29, 1.82) is 5.26 Å². The average Bonchev–Trinajstić information content (AvgIpc) is 2.54. The molecule has 23 heavy (non-hydrogen) atoms. The predicted molar refractivity (Wildman–Crippen MR) is 84.8 cm³/mol. The summed E-state index contributed by atoms with van der Waals surface area (Å²) in [5, 5.41) is 19.9. The molecular weight excluding hydrogens is 320 g/mol. The van der Waals surface area contributed by atoms with Crippen LogP contribution in [-0.4, -0.2) is 11.5 Å². The molecule has 0 aromatic heterocycles. The van der Waals surface area contributed by atoms with E-state index in [0.717, 1.165) is 5.56 Å². The molecule has 0 heterocycles.